The maximum atomic E-state index is 11.2. The number of hydrogen-bond donors (Lipinski definition) is 1. The standard InChI is InChI=1S/C17H32O2S/c1-2-3-4-5-6-7-8-9-10-11-12-13-14-17(18)19-15-16-20/h8-9,20H,2-7,10-16H2,1H3/b9-8+. The Morgan fingerprint density at radius 3 is 2.15 bits per heavy atom. The first-order valence-corrected chi connectivity index (χ1v) is 8.86. The molecule has 0 aliphatic heterocycles. The van der Waals surface area contributed by atoms with Crippen molar-refractivity contribution >= 4 is 18.6 Å². The summed E-state index contributed by atoms with van der Waals surface area (Å²) in [5.74, 6) is 0.524. The minimum absolute atomic E-state index is 0.0818. The Morgan fingerprint density at radius 2 is 1.55 bits per heavy atom. The Kier molecular flexibility index (Phi) is 16.2. The molecule has 0 fully saturated rings. The SMILES string of the molecule is CCCCCCC/C=C/CCCCCC(=O)OCCS. The first-order chi connectivity index (χ1) is 9.81. The lowest BCUT2D eigenvalue weighted by molar-refractivity contribution is -0.143. The second kappa shape index (κ2) is 16.6. The van der Waals surface area contributed by atoms with Crippen molar-refractivity contribution < 1.29 is 9.53 Å². The van der Waals surface area contributed by atoms with Gasteiger partial charge in [0.25, 0.3) is 0 Å². The molecule has 0 aromatic carbocycles. The molecule has 0 aromatic heterocycles. The van der Waals surface area contributed by atoms with Gasteiger partial charge in [-0.15, -0.1) is 0 Å². The van der Waals surface area contributed by atoms with Crippen LogP contribution in [0.3, 0.4) is 0 Å². The lowest BCUT2D eigenvalue weighted by Gasteiger charge is -2.02. The van der Waals surface area contributed by atoms with Crippen molar-refractivity contribution in [1.29, 1.82) is 0 Å². The fraction of sp³-hybridized carbons (Fsp3) is 0.824. The third kappa shape index (κ3) is 15.6. The van der Waals surface area contributed by atoms with E-state index in [9.17, 15) is 4.79 Å². The van der Waals surface area contributed by atoms with Gasteiger partial charge in [0, 0.05) is 12.2 Å². The van der Waals surface area contributed by atoms with Gasteiger partial charge in [0.05, 0.1) is 0 Å². The molecule has 0 N–H and O–H groups in total. The summed E-state index contributed by atoms with van der Waals surface area (Å²) in [7, 11) is 0. The van der Waals surface area contributed by atoms with E-state index in [4.69, 9.17) is 4.74 Å². The number of carbonyl (C=O) groups is 1. The summed E-state index contributed by atoms with van der Waals surface area (Å²) in [6.07, 6.45) is 17.5. The first kappa shape index (κ1) is 19.6. The van der Waals surface area contributed by atoms with Crippen LogP contribution in [0.4, 0.5) is 0 Å². The fourth-order valence-electron chi connectivity index (χ4n) is 2.04. The molecule has 0 bridgehead atoms. The Bertz CT molecular complexity index is 239. The van der Waals surface area contributed by atoms with Crippen LogP contribution in [0.2, 0.25) is 0 Å². The van der Waals surface area contributed by atoms with Crippen LogP contribution in [0, 0.1) is 0 Å². The fourth-order valence-corrected chi connectivity index (χ4v) is 2.13. The zero-order chi connectivity index (χ0) is 14.9. The van der Waals surface area contributed by atoms with Crippen molar-refractivity contribution in [3.05, 3.63) is 12.2 Å². The van der Waals surface area contributed by atoms with Crippen LogP contribution in [0.15, 0.2) is 12.2 Å². The van der Waals surface area contributed by atoms with Crippen molar-refractivity contribution in [2.24, 2.45) is 0 Å². The summed E-state index contributed by atoms with van der Waals surface area (Å²) in [6, 6.07) is 0. The van der Waals surface area contributed by atoms with E-state index in [0.29, 0.717) is 18.8 Å². The molecule has 0 aliphatic rings. The third-order valence-electron chi connectivity index (χ3n) is 3.25. The summed E-state index contributed by atoms with van der Waals surface area (Å²) in [5, 5.41) is 0. The quantitative estimate of drug-likeness (QED) is 0.203. The number of hydrogen-bond acceptors (Lipinski definition) is 3. The van der Waals surface area contributed by atoms with Crippen LogP contribution in [0.25, 0.3) is 0 Å². The van der Waals surface area contributed by atoms with Gasteiger partial charge in [-0.05, 0) is 32.1 Å². The van der Waals surface area contributed by atoms with Gasteiger partial charge < -0.3 is 4.74 Å². The average molecular weight is 301 g/mol. The average Bonchev–Trinajstić information content (AvgIpc) is 2.46. The molecule has 0 atom stereocenters. The summed E-state index contributed by atoms with van der Waals surface area (Å²) in [4.78, 5) is 11.2. The molecule has 0 spiro atoms. The van der Waals surface area contributed by atoms with Crippen molar-refractivity contribution in [2.75, 3.05) is 12.4 Å². The maximum absolute atomic E-state index is 11.2. The first-order valence-electron chi connectivity index (χ1n) is 8.22. The Morgan fingerprint density at radius 1 is 0.950 bits per heavy atom. The second-order valence-corrected chi connectivity index (χ2v) is 5.66. The highest BCUT2D eigenvalue weighted by atomic mass is 32.1. The summed E-state index contributed by atoms with van der Waals surface area (Å²) >= 11 is 4.00. The highest BCUT2D eigenvalue weighted by Gasteiger charge is 2.00. The molecule has 20 heavy (non-hydrogen) atoms. The maximum Gasteiger partial charge on any atom is 0.305 e. The van der Waals surface area contributed by atoms with Gasteiger partial charge in [-0.3, -0.25) is 4.79 Å². The minimum Gasteiger partial charge on any atom is -0.465 e. The van der Waals surface area contributed by atoms with E-state index in [-0.39, 0.29) is 5.97 Å². The Labute approximate surface area is 130 Å². The van der Waals surface area contributed by atoms with Crippen LogP contribution in [-0.2, 0) is 9.53 Å². The van der Waals surface area contributed by atoms with Gasteiger partial charge in [-0.2, -0.15) is 12.6 Å². The van der Waals surface area contributed by atoms with Crippen molar-refractivity contribution in [3.63, 3.8) is 0 Å². The molecule has 0 unspecified atom stereocenters. The molecule has 2 nitrogen and oxygen atoms in total. The van der Waals surface area contributed by atoms with Gasteiger partial charge in [0.15, 0.2) is 0 Å². The molecule has 0 radical (unpaired) electrons. The van der Waals surface area contributed by atoms with Gasteiger partial charge in [-0.1, -0.05) is 51.2 Å². The van der Waals surface area contributed by atoms with E-state index in [0.717, 1.165) is 19.3 Å². The Balaban J connectivity index is 3.17. The van der Waals surface area contributed by atoms with Gasteiger partial charge >= 0.3 is 5.97 Å². The summed E-state index contributed by atoms with van der Waals surface area (Å²) in [5.41, 5.74) is 0. The topological polar surface area (TPSA) is 26.3 Å². The van der Waals surface area contributed by atoms with E-state index in [1.54, 1.807) is 0 Å². The number of rotatable bonds is 14. The molecule has 3 heteroatoms. The zero-order valence-corrected chi connectivity index (χ0v) is 14.0. The predicted octanol–water partition coefficient (Wildman–Crippen LogP) is 5.33. The van der Waals surface area contributed by atoms with E-state index in [2.05, 4.69) is 31.7 Å². The predicted molar refractivity (Wildman–Crippen MR) is 90.4 cm³/mol. The molecule has 118 valence electrons. The zero-order valence-electron chi connectivity index (χ0n) is 13.1. The molecule has 0 saturated heterocycles. The number of unbranched alkanes of at least 4 members (excludes halogenated alkanes) is 8. The molecule has 0 rings (SSSR count). The highest BCUT2D eigenvalue weighted by molar-refractivity contribution is 7.80. The number of thiol groups is 1. The summed E-state index contributed by atoms with van der Waals surface area (Å²) < 4.78 is 4.96. The monoisotopic (exact) mass is 300 g/mol. The van der Waals surface area contributed by atoms with Crippen LogP contribution in [0.1, 0.15) is 77.6 Å². The molecule has 0 heterocycles. The van der Waals surface area contributed by atoms with Crippen LogP contribution in [0.5, 0.6) is 0 Å². The number of allylic oxidation sites excluding steroid dienone is 2. The van der Waals surface area contributed by atoms with Crippen LogP contribution >= 0.6 is 12.6 Å². The Hall–Kier alpha value is -0.440. The largest absolute Gasteiger partial charge is 0.465 e. The lowest BCUT2D eigenvalue weighted by Crippen LogP contribution is -2.06. The van der Waals surface area contributed by atoms with E-state index in [1.165, 1.54) is 44.9 Å². The number of ether oxygens (including phenoxy) is 1. The van der Waals surface area contributed by atoms with E-state index < -0.39 is 0 Å². The molecule has 0 saturated carbocycles. The molecule has 0 amide bonds. The van der Waals surface area contributed by atoms with Gasteiger partial charge in [0.2, 0.25) is 0 Å². The third-order valence-corrected chi connectivity index (χ3v) is 3.43. The summed E-state index contributed by atoms with van der Waals surface area (Å²) in [6.45, 7) is 2.68. The lowest BCUT2D eigenvalue weighted by atomic mass is 10.1. The van der Waals surface area contributed by atoms with Crippen LogP contribution in [-0.4, -0.2) is 18.3 Å². The minimum atomic E-state index is -0.0818. The molecular formula is C17H32O2S. The van der Waals surface area contributed by atoms with Gasteiger partial charge in [-0.25, -0.2) is 0 Å². The molecular weight excluding hydrogens is 268 g/mol. The van der Waals surface area contributed by atoms with Crippen molar-refractivity contribution in [1.82, 2.24) is 0 Å². The number of esters is 1. The highest BCUT2D eigenvalue weighted by Crippen LogP contribution is 2.08. The smallest absolute Gasteiger partial charge is 0.305 e. The number of carbonyl (C=O) groups excluding carboxylic acids is 1. The van der Waals surface area contributed by atoms with E-state index in [1.807, 2.05) is 0 Å². The van der Waals surface area contributed by atoms with Gasteiger partial charge in [0.1, 0.15) is 6.61 Å². The molecule has 0 aromatic rings. The second-order valence-electron chi connectivity index (χ2n) is 5.22. The van der Waals surface area contributed by atoms with Crippen LogP contribution < -0.4 is 0 Å². The van der Waals surface area contributed by atoms with Crippen molar-refractivity contribution in [3.8, 4) is 0 Å². The normalized spacial score (nSPS) is 11.1. The van der Waals surface area contributed by atoms with Crippen molar-refractivity contribution in [2.45, 2.75) is 77.6 Å². The molecule has 0 aliphatic carbocycles. The van der Waals surface area contributed by atoms with E-state index >= 15 is 0 Å².